The lowest BCUT2D eigenvalue weighted by Crippen LogP contribution is -2.06. The van der Waals surface area contributed by atoms with Gasteiger partial charge in [-0.25, -0.2) is 0 Å². The maximum atomic E-state index is 11.3. The Morgan fingerprint density at radius 1 is 1.41 bits per heavy atom. The fourth-order valence-electron chi connectivity index (χ4n) is 1.40. The molecule has 0 fully saturated rings. The Hall–Kier alpha value is -1.22. The molecule has 0 amide bonds. The van der Waals surface area contributed by atoms with E-state index in [0.29, 0.717) is 30.2 Å². The summed E-state index contributed by atoms with van der Waals surface area (Å²) in [6, 6.07) is 5.51. The molecular weight excluding hydrogens is 240 g/mol. The van der Waals surface area contributed by atoms with Gasteiger partial charge in [0.2, 0.25) is 0 Å². The highest BCUT2D eigenvalue weighted by molar-refractivity contribution is 6.32. The van der Waals surface area contributed by atoms with Crippen molar-refractivity contribution in [3.05, 3.63) is 28.8 Å². The molecule has 1 aromatic carbocycles. The fraction of sp³-hybridized carbons (Fsp3) is 0.462. The van der Waals surface area contributed by atoms with Crippen molar-refractivity contribution in [1.82, 2.24) is 0 Å². The van der Waals surface area contributed by atoms with Crippen LogP contribution in [0.15, 0.2) is 18.2 Å². The summed E-state index contributed by atoms with van der Waals surface area (Å²) in [5.74, 6) is 0.475. The molecule has 0 N–H and O–H groups in total. The molecule has 1 rings (SSSR count). The molecule has 0 radical (unpaired) electrons. The maximum Gasteiger partial charge on any atom is 0.306 e. The minimum atomic E-state index is -0.168. The molecule has 1 aromatic rings. The second kappa shape index (κ2) is 7.17. The van der Waals surface area contributed by atoms with Crippen LogP contribution in [-0.2, 0) is 16.0 Å². The highest BCUT2D eigenvalue weighted by Gasteiger charge is 2.05. The summed E-state index contributed by atoms with van der Waals surface area (Å²) in [4.78, 5) is 11.3. The first-order valence-corrected chi connectivity index (χ1v) is 6.03. The molecule has 0 heterocycles. The molecule has 0 unspecified atom stereocenters. The summed E-state index contributed by atoms with van der Waals surface area (Å²) < 4.78 is 10.0. The van der Waals surface area contributed by atoms with Gasteiger partial charge in [-0.2, -0.15) is 0 Å². The van der Waals surface area contributed by atoms with Crippen LogP contribution >= 0.6 is 11.6 Å². The summed E-state index contributed by atoms with van der Waals surface area (Å²) in [5.41, 5.74) is 1.00. The van der Waals surface area contributed by atoms with Gasteiger partial charge < -0.3 is 9.47 Å². The quantitative estimate of drug-likeness (QED) is 0.733. The Morgan fingerprint density at radius 3 is 2.76 bits per heavy atom. The topological polar surface area (TPSA) is 35.5 Å². The number of aryl methyl sites for hydroxylation is 1. The highest BCUT2D eigenvalue weighted by atomic mass is 35.5. The summed E-state index contributed by atoms with van der Waals surface area (Å²) in [7, 11) is 1.57. The third-order valence-corrected chi connectivity index (χ3v) is 2.60. The van der Waals surface area contributed by atoms with Gasteiger partial charge in [-0.1, -0.05) is 24.6 Å². The van der Waals surface area contributed by atoms with Crippen molar-refractivity contribution in [2.75, 3.05) is 13.7 Å². The van der Waals surface area contributed by atoms with Gasteiger partial charge in [0.25, 0.3) is 0 Å². The van der Waals surface area contributed by atoms with Gasteiger partial charge in [-0.05, 0) is 30.5 Å². The lowest BCUT2D eigenvalue weighted by atomic mass is 10.1. The zero-order chi connectivity index (χ0) is 12.7. The molecule has 0 aromatic heterocycles. The molecule has 0 spiro atoms. The Balaban J connectivity index is 2.47. The molecule has 3 nitrogen and oxygen atoms in total. The van der Waals surface area contributed by atoms with Crippen molar-refractivity contribution in [3.8, 4) is 5.75 Å². The lowest BCUT2D eigenvalue weighted by Gasteiger charge is -2.06. The molecule has 4 heteroatoms. The lowest BCUT2D eigenvalue weighted by molar-refractivity contribution is -0.143. The molecule has 0 atom stereocenters. The number of carbonyl (C=O) groups excluding carboxylic acids is 1. The third-order valence-electron chi connectivity index (χ3n) is 2.30. The van der Waals surface area contributed by atoms with Crippen molar-refractivity contribution < 1.29 is 14.3 Å². The first-order chi connectivity index (χ1) is 8.17. The normalized spacial score (nSPS) is 10.1. The smallest absolute Gasteiger partial charge is 0.306 e. The van der Waals surface area contributed by atoms with Crippen LogP contribution in [0.5, 0.6) is 5.75 Å². The molecule has 0 bridgehead atoms. The number of halogens is 1. The van der Waals surface area contributed by atoms with Crippen molar-refractivity contribution in [3.63, 3.8) is 0 Å². The molecule has 0 aliphatic rings. The van der Waals surface area contributed by atoms with Gasteiger partial charge in [-0.15, -0.1) is 0 Å². The molecular formula is C13H17ClO3. The number of hydrogen-bond donors (Lipinski definition) is 0. The highest BCUT2D eigenvalue weighted by Crippen LogP contribution is 2.25. The SMILES string of the molecule is CCCOC(=O)CCc1ccc(OC)c(Cl)c1. The molecule has 0 saturated heterocycles. The van der Waals surface area contributed by atoms with Crippen LogP contribution in [0.2, 0.25) is 5.02 Å². The second-order valence-electron chi connectivity index (χ2n) is 3.69. The Morgan fingerprint density at radius 2 is 2.18 bits per heavy atom. The van der Waals surface area contributed by atoms with Crippen molar-refractivity contribution in [2.24, 2.45) is 0 Å². The zero-order valence-electron chi connectivity index (χ0n) is 10.2. The van der Waals surface area contributed by atoms with E-state index >= 15 is 0 Å². The summed E-state index contributed by atoms with van der Waals surface area (Å²) >= 11 is 5.99. The summed E-state index contributed by atoms with van der Waals surface area (Å²) in [5, 5.41) is 0.562. The number of carbonyl (C=O) groups is 1. The largest absolute Gasteiger partial charge is 0.495 e. The molecule has 17 heavy (non-hydrogen) atoms. The predicted octanol–water partition coefficient (Wildman–Crippen LogP) is 3.23. The van der Waals surface area contributed by atoms with E-state index in [2.05, 4.69) is 0 Å². The Labute approximate surface area is 107 Å². The Kier molecular flexibility index (Phi) is 5.84. The number of benzene rings is 1. The van der Waals surface area contributed by atoms with E-state index in [1.165, 1.54) is 0 Å². The van der Waals surface area contributed by atoms with Crippen LogP contribution in [0, 0.1) is 0 Å². The fourth-order valence-corrected chi connectivity index (χ4v) is 1.68. The van der Waals surface area contributed by atoms with Crippen LogP contribution in [0.3, 0.4) is 0 Å². The maximum absolute atomic E-state index is 11.3. The van der Waals surface area contributed by atoms with Crippen molar-refractivity contribution in [1.29, 1.82) is 0 Å². The van der Waals surface area contributed by atoms with Crippen LogP contribution in [-0.4, -0.2) is 19.7 Å². The number of esters is 1. The molecule has 0 aliphatic heterocycles. The van der Waals surface area contributed by atoms with Crippen LogP contribution in [0.25, 0.3) is 0 Å². The van der Waals surface area contributed by atoms with E-state index in [9.17, 15) is 4.79 Å². The minimum absolute atomic E-state index is 0.168. The zero-order valence-corrected chi connectivity index (χ0v) is 10.9. The van der Waals surface area contributed by atoms with Gasteiger partial charge in [0, 0.05) is 6.42 Å². The van der Waals surface area contributed by atoms with E-state index in [0.717, 1.165) is 12.0 Å². The molecule has 94 valence electrons. The molecule has 0 saturated carbocycles. The van der Waals surface area contributed by atoms with Crippen LogP contribution in [0.1, 0.15) is 25.3 Å². The second-order valence-corrected chi connectivity index (χ2v) is 4.10. The van der Waals surface area contributed by atoms with E-state index in [-0.39, 0.29) is 5.97 Å². The van der Waals surface area contributed by atoms with E-state index in [4.69, 9.17) is 21.1 Å². The number of ether oxygens (including phenoxy) is 2. The number of methoxy groups -OCH3 is 1. The number of rotatable bonds is 6. The first-order valence-electron chi connectivity index (χ1n) is 5.65. The van der Waals surface area contributed by atoms with E-state index < -0.39 is 0 Å². The average molecular weight is 257 g/mol. The van der Waals surface area contributed by atoms with Gasteiger partial charge in [0.1, 0.15) is 5.75 Å². The summed E-state index contributed by atoms with van der Waals surface area (Å²) in [6.07, 6.45) is 1.86. The van der Waals surface area contributed by atoms with Gasteiger partial charge in [0.15, 0.2) is 0 Å². The third kappa shape index (κ3) is 4.65. The predicted molar refractivity (Wildman–Crippen MR) is 67.6 cm³/mol. The van der Waals surface area contributed by atoms with Gasteiger partial charge in [0.05, 0.1) is 18.7 Å². The van der Waals surface area contributed by atoms with E-state index in [1.807, 2.05) is 19.1 Å². The average Bonchev–Trinajstić information content (AvgIpc) is 2.34. The standard InChI is InChI=1S/C13H17ClO3/c1-3-8-17-13(15)7-5-10-4-6-12(16-2)11(14)9-10/h4,6,9H,3,5,7-8H2,1-2H3. The van der Waals surface area contributed by atoms with Gasteiger partial charge in [-0.3, -0.25) is 4.79 Å². The first kappa shape index (κ1) is 13.8. The van der Waals surface area contributed by atoms with E-state index in [1.54, 1.807) is 13.2 Å². The van der Waals surface area contributed by atoms with Crippen molar-refractivity contribution in [2.45, 2.75) is 26.2 Å². The van der Waals surface area contributed by atoms with Crippen molar-refractivity contribution >= 4 is 17.6 Å². The van der Waals surface area contributed by atoms with Crippen LogP contribution in [0.4, 0.5) is 0 Å². The van der Waals surface area contributed by atoms with Gasteiger partial charge >= 0.3 is 5.97 Å². The monoisotopic (exact) mass is 256 g/mol. The number of hydrogen-bond acceptors (Lipinski definition) is 3. The minimum Gasteiger partial charge on any atom is -0.495 e. The van der Waals surface area contributed by atoms with Crippen LogP contribution < -0.4 is 4.74 Å². The Bertz CT molecular complexity index is 377. The summed E-state index contributed by atoms with van der Waals surface area (Å²) in [6.45, 7) is 2.46. The molecule has 0 aliphatic carbocycles.